The van der Waals surface area contributed by atoms with Crippen LogP contribution in [0.2, 0.25) is 0 Å². The van der Waals surface area contributed by atoms with Crippen molar-refractivity contribution in [3.8, 4) is 0 Å². The number of carbonyl (C=O) groups excluding carboxylic acids is 1. The van der Waals surface area contributed by atoms with Gasteiger partial charge in [-0.1, -0.05) is 0 Å². The van der Waals surface area contributed by atoms with Crippen molar-refractivity contribution in [2.75, 3.05) is 40.0 Å². The first-order chi connectivity index (χ1) is 15.7. The third-order valence-electron chi connectivity index (χ3n) is 5.53. The molecule has 0 spiro atoms. The average Bonchev–Trinajstić information content (AvgIpc) is 2.76. The quantitative estimate of drug-likeness (QED) is 0.138. The first-order valence-electron chi connectivity index (χ1n) is 11.2. The van der Waals surface area contributed by atoms with E-state index in [0.717, 1.165) is 22.4 Å². The van der Waals surface area contributed by atoms with E-state index in [0.29, 0.717) is 0 Å². The summed E-state index contributed by atoms with van der Waals surface area (Å²) in [6, 6.07) is 0. The van der Waals surface area contributed by atoms with Crippen LogP contribution in [0.15, 0.2) is 0 Å². The summed E-state index contributed by atoms with van der Waals surface area (Å²) in [5.74, 6) is 0. The van der Waals surface area contributed by atoms with Crippen LogP contribution in [0, 0.1) is 55.4 Å². The molecule has 0 aliphatic heterocycles. The van der Waals surface area contributed by atoms with E-state index in [9.17, 15) is 0 Å². The molecule has 0 aliphatic rings. The van der Waals surface area contributed by atoms with Gasteiger partial charge in [0.2, 0.25) is 0 Å². The summed E-state index contributed by atoms with van der Waals surface area (Å²) in [4.78, 5) is 17.3. The normalized spacial score (nSPS) is 9.94. The number of hydrogen-bond acceptors (Lipinski definition) is 3. The minimum atomic E-state index is 0.120. The molecule has 1 radical (unpaired) electrons. The minimum absolute atomic E-state index is 0.120. The van der Waals surface area contributed by atoms with Crippen molar-refractivity contribution < 1.29 is 23.0 Å². The predicted octanol–water partition coefficient (Wildman–Crippen LogP) is 7.72. The molecule has 7 heteroatoms. The van der Waals surface area contributed by atoms with E-state index in [1.54, 1.807) is 0 Å². The van der Waals surface area contributed by atoms with Gasteiger partial charge in [0.1, 0.15) is 0 Å². The van der Waals surface area contributed by atoms with Crippen molar-refractivity contribution in [2.24, 2.45) is 0 Å². The van der Waals surface area contributed by atoms with Gasteiger partial charge >= 0.3 is 27.7 Å². The maximum absolute atomic E-state index is 7.50. The van der Waals surface area contributed by atoms with Gasteiger partial charge in [0.05, 0.1) is 11.0 Å². The molecular weight excluding hydrogens is 652 g/mol. The van der Waals surface area contributed by atoms with E-state index in [2.05, 4.69) is 102 Å². The van der Waals surface area contributed by atoms with Crippen LogP contribution >= 0.6 is 25.4 Å². The zero-order valence-corrected chi connectivity index (χ0v) is 29.0. The molecule has 3 aromatic rings. The number of fused-ring (bicyclic) bond motifs is 3. The number of aryl methyl sites for hydroxylation is 6. The van der Waals surface area contributed by atoms with Crippen LogP contribution in [0.1, 0.15) is 44.8 Å². The van der Waals surface area contributed by atoms with E-state index < -0.39 is 0 Å². The Hall–Kier alpha value is -0.478. The van der Waals surface area contributed by atoms with Gasteiger partial charge in [0.25, 0.3) is 0 Å². The second-order valence-corrected chi connectivity index (χ2v) is 15.6. The summed E-state index contributed by atoms with van der Waals surface area (Å²) >= 11 is 1.19. The Bertz CT molecular complexity index is 996. The molecule has 0 amide bonds. The van der Waals surface area contributed by atoms with Crippen molar-refractivity contribution in [1.82, 2.24) is 9.97 Å². The molecule has 3 rings (SSSR count). The molecule has 34 heavy (non-hydrogen) atoms. The van der Waals surface area contributed by atoms with Gasteiger partial charge in [-0.05, 0) is 105 Å². The molecule has 2 aromatic heterocycles. The van der Waals surface area contributed by atoms with Gasteiger partial charge in [-0.3, -0.25) is 9.97 Å². The van der Waals surface area contributed by atoms with E-state index in [1.165, 1.54) is 62.3 Å². The molecule has 0 aliphatic carbocycles. The monoisotopic (exact) mass is 696 g/mol. The molecule has 0 unspecified atom stereocenters. The Balaban J connectivity index is 0. The average molecular weight is 696 g/mol. The molecule has 0 bridgehead atoms. The van der Waals surface area contributed by atoms with Crippen molar-refractivity contribution in [1.29, 1.82) is 0 Å². The van der Waals surface area contributed by atoms with Crippen LogP contribution in [0.3, 0.4) is 0 Å². The maximum atomic E-state index is 7.50. The topological polar surface area (TPSA) is 42.9 Å². The number of aromatic nitrogens is 2. The molecule has 0 saturated carbocycles. The van der Waals surface area contributed by atoms with Crippen LogP contribution < -0.4 is 0 Å². The Kier molecular flexibility index (Phi) is 17.9. The summed E-state index contributed by atoms with van der Waals surface area (Å²) in [6.07, 6.45) is 0. The standard InChI is InChI=1S/C20H24N2.2C3H9P.CO.ClH.Re/c1-9-11(3)17-13(5)14(6)18-12(4)10(2)16(8)22-20(18)19(17)21-15(9)7;2*1-4(2)3;1-2;;/h1-8H3;2*1-3H3;;1H;/q;;;-1;;+1/p+1. The first-order valence-corrected chi connectivity index (χ1v) is 20.6. The third kappa shape index (κ3) is 9.53. The summed E-state index contributed by atoms with van der Waals surface area (Å²) in [5.41, 5.74) is 12.2. The van der Waals surface area contributed by atoms with Crippen LogP contribution in [0.5, 0.6) is 0 Å². The Labute approximate surface area is 226 Å². The molecule has 0 saturated heterocycles. The molecular formula is C27H44ClN2OP2Re+. The second kappa shape index (κ2) is 17.1. The Morgan fingerprint density at radius 2 is 0.706 bits per heavy atom. The number of rotatable bonds is 0. The van der Waals surface area contributed by atoms with Gasteiger partial charge in [0, 0.05) is 62.1 Å². The second-order valence-electron chi connectivity index (χ2n) is 9.59. The number of halogens is 1. The molecule has 1 aromatic carbocycles. The zero-order chi connectivity index (χ0) is 27.5. The van der Waals surface area contributed by atoms with Gasteiger partial charge < -0.3 is 11.6 Å². The fourth-order valence-electron chi connectivity index (χ4n) is 3.52. The molecule has 2 heterocycles. The zero-order valence-electron chi connectivity index (χ0n) is 23.6. The van der Waals surface area contributed by atoms with E-state index in [1.807, 2.05) is 0 Å². The summed E-state index contributed by atoms with van der Waals surface area (Å²) in [7, 11) is 4.94. The molecule has 0 fully saturated rings. The molecule has 0 atom stereocenters. The van der Waals surface area contributed by atoms with Gasteiger partial charge in [-0.2, -0.15) is 0 Å². The Morgan fingerprint density at radius 3 is 0.912 bits per heavy atom. The summed E-state index contributed by atoms with van der Waals surface area (Å²) in [6.45, 7) is 35.5. The van der Waals surface area contributed by atoms with Crippen molar-refractivity contribution in [3.63, 3.8) is 0 Å². The van der Waals surface area contributed by atoms with E-state index in [4.69, 9.17) is 24.3 Å². The fraction of sp³-hybridized carbons (Fsp3) is 0.519. The number of pyridine rings is 2. The van der Waals surface area contributed by atoms with Gasteiger partial charge in [-0.15, -0.1) is 0 Å². The molecule has 0 N–H and O–H groups in total. The van der Waals surface area contributed by atoms with Crippen LogP contribution in [-0.4, -0.2) is 56.7 Å². The van der Waals surface area contributed by atoms with Gasteiger partial charge in [0.15, 0.2) is 0 Å². The van der Waals surface area contributed by atoms with Crippen LogP contribution in [0.4, 0.5) is 0 Å². The molecule has 3 nitrogen and oxygen atoms in total. The number of nitrogens with zero attached hydrogens (tertiary/aromatic N) is 2. The van der Waals surface area contributed by atoms with Crippen molar-refractivity contribution in [3.05, 3.63) is 44.8 Å². The van der Waals surface area contributed by atoms with E-state index >= 15 is 0 Å². The third-order valence-corrected chi connectivity index (χ3v) is 5.53. The predicted molar refractivity (Wildman–Crippen MR) is 159 cm³/mol. The summed E-state index contributed by atoms with van der Waals surface area (Å²) in [5, 5.41) is 2.56. The number of hydrogen-bond donors (Lipinski definition) is 0. The fourth-order valence-corrected chi connectivity index (χ4v) is 3.52. The van der Waals surface area contributed by atoms with Crippen LogP contribution in [0.25, 0.3) is 21.8 Å². The van der Waals surface area contributed by atoms with Crippen molar-refractivity contribution >= 4 is 54.0 Å². The molecule has 191 valence electrons. The SMILES string of the molecule is C[PH+](C)C.C[PH+](C)C.Cc1nc2c(c(C)c1C)c(C)c(C)c1c(C)c(C)c(C)nc12.[C-]=O.[Cl][Re]. The summed E-state index contributed by atoms with van der Waals surface area (Å²) < 4.78 is 0. The first kappa shape index (κ1) is 35.7. The number of benzene rings is 1. The van der Waals surface area contributed by atoms with Crippen LogP contribution in [-0.2, 0) is 23.0 Å². The Morgan fingerprint density at radius 1 is 0.529 bits per heavy atom. The van der Waals surface area contributed by atoms with Gasteiger partial charge in [-0.25, -0.2) is 0 Å². The van der Waals surface area contributed by atoms with E-state index in [-0.39, 0.29) is 15.8 Å². The van der Waals surface area contributed by atoms with Crippen molar-refractivity contribution in [2.45, 2.75) is 55.4 Å².